The Morgan fingerprint density at radius 3 is 2.54 bits per heavy atom. The van der Waals surface area contributed by atoms with E-state index in [1.54, 1.807) is 17.0 Å². The smallest absolute Gasteiger partial charge is 0.274 e. The second-order valence-corrected chi connectivity index (χ2v) is 7.29. The number of anilines is 2. The molecule has 0 saturated carbocycles. The average Bonchev–Trinajstić information content (AvgIpc) is 3.18. The first-order chi connectivity index (χ1) is 13.6. The first-order valence-corrected chi connectivity index (χ1v) is 9.87. The number of hydrogen-bond acceptors (Lipinski definition) is 6. The second-order valence-electron chi connectivity index (χ2n) is 7.29. The number of amides is 1. The van der Waals surface area contributed by atoms with Crippen LogP contribution in [0.3, 0.4) is 0 Å². The lowest BCUT2D eigenvalue weighted by Crippen LogP contribution is -2.47. The molecule has 2 aliphatic heterocycles. The van der Waals surface area contributed by atoms with Crippen molar-refractivity contribution in [3.05, 3.63) is 47.2 Å². The van der Waals surface area contributed by atoms with Gasteiger partial charge in [-0.3, -0.25) is 4.79 Å². The number of para-hydroxylation sites is 1. The van der Waals surface area contributed by atoms with Gasteiger partial charge in [-0.1, -0.05) is 25.1 Å². The number of ether oxygens (including phenoxy) is 2. The molecule has 4 rings (SSSR count). The van der Waals surface area contributed by atoms with Gasteiger partial charge in [0.1, 0.15) is 0 Å². The van der Waals surface area contributed by atoms with Crippen molar-refractivity contribution in [2.24, 2.45) is 0 Å². The van der Waals surface area contributed by atoms with Gasteiger partial charge in [-0.15, -0.1) is 10.2 Å². The Morgan fingerprint density at radius 1 is 1.14 bits per heavy atom. The lowest BCUT2D eigenvalue weighted by Gasteiger charge is -2.37. The van der Waals surface area contributed by atoms with Crippen molar-refractivity contribution in [3.8, 4) is 0 Å². The van der Waals surface area contributed by atoms with Crippen LogP contribution in [0.5, 0.6) is 0 Å². The van der Waals surface area contributed by atoms with Gasteiger partial charge < -0.3 is 19.7 Å². The molecule has 1 N–H and O–H groups in total. The molecule has 2 aromatic rings. The zero-order chi connectivity index (χ0) is 19.6. The van der Waals surface area contributed by atoms with Crippen LogP contribution < -0.4 is 5.32 Å². The number of carbonyl (C=O) groups excluding carboxylic acids is 1. The SMILES string of the molecule is CCc1cccc(C)c1Nc1ccc(C(=O)N2CCC3(CC2)OCCO3)nn1. The van der Waals surface area contributed by atoms with E-state index in [0.717, 1.165) is 17.7 Å². The maximum atomic E-state index is 12.7. The third-order valence-electron chi connectivity index (χ3n) is 5.50. The maximum Gasteiger partial charge on any atom is 0.274 e. The van der Waals surface area contributed by atoms with Crippen LogP contribution in [-0.4, -0.2) is 53.1 Å². The van der Waals surface area contributed by atoms with Gasteiger partial charge in [0.05, 0.1) is 13.2 Å². The van der Waals surface area contributed by atoms with Crippen molar-refractivity contribution in [3.63, 3.8) is 0 Å². The van der Waals surface area contributed by atoms with E-state index < -0.39 is 5.79 Å². The molecule has 1 aromatic heterocycles. The van der Waals surface area contributed by atoms with E-state index in [1.165, 1.54) is 5.56 Å². The lowest BCUT2D eigenvalue weighted by atomic mass is 10.0. The number of nitrogens with zero attached hydrogens (tertiary/aromatic N) is 3. The van der Waals surface area contributed by atoms with Crippen molar-refractivity contribution >= 4 is 17.4 Å². The molecule has 0 radical (unpaired) electrons. The van der Waals surface area contributed by atoms with Crippen LogP contribution in [0.15, 0.2) is 30.3 Å². The number of hydrogen-bond donors (Lipinski definition) is 1. The molecule has 7 heteroatoms. The monoisotopic (exact) mass is 382 g/mol. The van der Waals surface area contributed by atoms with Crippen LogP contribution in [-0.2, 0) is 15.9 Å². The fraction of sp³-hybridized carbons (Fsp3) is 0.476. The number of carbonyl (C=O) groups is 1. The third kappa shape index (κ3) is 3.72. The summed E-state index contributed by atoms with van der Waals surface area (Å²) in [5.74, 6) is 0.0451. The second kappa shape index (κ2) is 7.85. The zero-order valence-electron chi connectivity index (χ0n) is 16.4. The van der Waals surface area contributed by atoms with Crippen molar-refractivity contribution < 1.29 is 14.3 Å². The van der Waals surface area contributed by atoms with E-state index in [1.807, 2.05) is 0 Å². The topological polar surface area (TPSA) is 76.6 Å². The molecule has 0 unspecified atom stereocenters. The molecule has 148 valence electrons. The summed E-state index contributed by atoms with van der Waals surface area (Å²) in [6, 6.07) is 9.75. The molecule has 28 heavy (non-hydrogen) atoms. The summed E-state index contributed by atoms with van der Waals surface area (Å²) in [5, 5.41) is 11.7. The van der Waals surface area contributed by atoms with Crippen molar-refractivity contribution in [2.75, 3.05) is 31.6 Å². The third-order valence-corrected chi connectivity index (χ3v) is 5.50. The summed E-state index contributed by atoms with van der Waals surface area (Å²) >= 11 is 0. The molecule has 7 nitrogen and oxygen atoms in total. The fourth-order valence-corrected chi connectivity index (χ4v) is 3.84. The standard InChI is InChI=1S/C21H26N4O3/c1-3-16-6-4-5-15(2)19(16)22-18-8-7-17(23-24-18)20(26)25-11-9-21(10-12-25)27-13-14-28-21/h4-8H,3,9-14H2,1-2H3,(H,22,24). The largest absolute Gasteiger partial charge is 0.347 e. The van der Waals surface area contributed by atoms with Crippen LogP contribution in [0.4, 0.5) is 11.5 Å². The van der Waals surface area contributed by atoms with Crippen LogP contribution in [0, 0.1) is 6.92 Å². The van der Waals surface area contributed by atoms with Gasteiger partial charge in [-0.25, -0.2) is 0 Å². The van der Waals surface area contributed by atoms with Gasteiger partial charge in [0.25, 0.3) is 5.91 Å². The summed E-state index contributed by atoms with van der Waals surface area (Å²) < 4.78 is 11.4. The number of piperidine rings is 1. The molecule has 1 aromatic carbocycles. The number of rotatable bonds is 4. The molecule has 2 fully saturated rings. The molecule has 0 aliphatic carbocycles. The predicted octanol–water partition coefficient (Wildman–Crippen LogP) is 3.07. The first-order valence-electron chi connectivity index (χ1n) is 9.87. The van der Waals surface area contributed by atoms with Crippen LogP contribution >= 0.6 is 0 Å². The molecule has 3 heterocycles. The minimum atomic E-state index is -0.485. The number of likely N-dealkylation sites (tertiary alicyclic amines) is 1. The average molecular weight is 382 g/mol. The fourth-order valence-electron chi connectivity index (χ4n) is 3.84. The number of aryl methyl sites for hydroxylation is 2. The molecule has 2 aliphatic rings. The van der Waals surface area contributed by atoms with Crippen LogP contribution in [0.2, 0.25) is 0 Å². The maximum absolute atomic E-state index is 12.7. The minimum Gasteiger partial charge on any atom is -0.347 e. The Labute approximate surface area is 165 Å². The van der Waals surface area contributed by atoms with E-state index in [0.29, 0.717) is 50.7 Å². The Hall–Kier alpha value is -2.51. The van der Waals surface area contributed by atoms with Gasteiger partial charge in [-0.05, 0) is 36.6 Å². The highest BCUT2D eigenvalue weighted by molar-refractivity contribution is 5.92. The highest BCUT2D eigenvalue weighted by Gasteiger charge is 2.41. The normalized spacial score (nSPS) is 18.4. The van der Waals surface area contributed by atoms with Gasteiger partial charge >= 0.3 is 0 Å². The minimum absolute atomic E-state index is 0.1000. The molecule has 2 saturated heterocycles. The highest BCUT2D eigenvalue weighted by atomic mass is 16.7. The van der Waals surface area contributed by atoms with Crippen molar-refractivity contribution in [2.45, 2.75) is 38.9 Å². The Bertz CT molecular complexity index is 837. The van der Waals surface area contributed by atoms with Gasteiger partial charge in [0, 0.05) is 31.6 Å². The van der Waals surface area contributed by atoms with Gasteiger partial charge in [-0.2, -0.15) is 0 Å². The lowest BCUT2D eigenvalue weighted by molar-refractivity contribution is -0.181. The molecule has 1 spiro atoms. The number of aromatic nitrogens is 2. The molecular weight excluding hydrogens is 356 g/mol. The zero-order valence-corrected chi connectivity index (χ0v) is 16.4. The van der Waals surface area contributed by atoms with E-state index in [2.05, 4.69) is 47.6 Å². The molecule has 0 atom stereocenters. The number of nitrogens with one attached hydrogen (secondary N) is 1. The van der Waals surface area contributed by atoms with Gasteiger partial charge in [0.2, 0.25) is 0 Å². The summed E-state index contributed by atoms with van der Waals surface area (Å²) in [7, 11) is 0. The van der Waals surface area contributed by atoms with E-state index in [4.69, 9.17) is 9.47 Å². The van der Waals surface area contributed by atoms with Crippen molar-refractivity contribution in [1.82, 2.24) is 15.1 Å². The summed E-state index contributed by atoms with van der Waals surface area (Å²) in [5.41, 5.74) is 3.78. The summed E-state index contributed by atoms with van der Waals surface area (Å²) in [6.07, 6.45) is 2.32. The van der Waals surface area contributed by atoms with E-state index in [9.17, 15) is 4.79 Å². The molecule has 0 bridgehead atoms. The van der Waals surface area contributed by atoms with E-state index >= 15 is 0 Å². The van der Waals surface area contributed by atoms with Crippen LogP contribution in [0.1, 0.15) is 41.4 Å². The summed E-state index contributed by atoms with van der Waals surface area (Å²) in [4.78, 5) is 14.5. The first kappa shape index (κ1) is 18.8. The highest BCUT2D eigenvalue weighted by Crippen LogP contribution is 2.31. The van der Waals surface area contributed by atoms with Crippen molar-refractivity contribution in [1.29, 1.82) is 0 Å². The van der Waals surface area contributed by atoms with Crippen LogP contribution in [0.25, 0.3) is 0 Å². The van der Waals surface area contributed by atoms with E-state index in [-0.39, 0.29) is 5.91 Å². The van der Waals surface area contributed by atoms with Gasteiger partial charge in [0.15, 0.2) is 17.3 Å². The Balaban J connectivity index is 1.41. The Morgan fingerprint density at radius 2 is 1.89 bits per heavy atom. The molecular formula is C21H26N4O3. The Kier molecular flexibility index (Phi) is 5.28. The number of benzene rings is 1. The predicted molar refractivity (Wildman–Crippen MR) is 106 cm³/mol. The molecule has 1 amide bonds. The quantitative estimate of drug-likeness (QED) is 0.876. The summed E-state index contributed by atoms with van der Waals surface area (Å²) in [6.45, 7) is 6.65.